The number of nitrogens with zero attached hydrogens (tertiary/aromatic N) is 2. The van der Waals surface area contributed by atoms with Crippen LogP contribution in [0.2, 0.25) is 0 Å². The Morgan fingerprint density at radius 3 is 2.38 bits per heavy atom. The van der Waals surface area contributed by atoms with Gasteiger partial charge in [-0.1, -0.05) is 19.3 Å². The third-order valence-corrected chi connectivity index (χ3v) is 4.40. The fraction of sp³-hybridized carbons (Fsp3) is 0.923. The molecule has 1 heterocycles. The van der Waals surface area contributed by atoms with Crippen LogP contribution in [-0.4, -0.2) is 36.6 Å². The molecule has 3 heteroatoms. The number of rotatable bonds is 2. The molecule has 0 bridgehead atoms. The van der Waals surface area contributed by atoms with Crippen LogP contribution in [-0.2, 0) is 0 Å². The van der Waals surface area contributed by atoms with E-state index in [4.69, 9.17) is 0 Å². The maximum absolute atomic E-state index is 9.58. The Kier molecular flexibility index (Phi) is 3.83. The van der Waals surface area contributed by atoms with Crippen molar-refractivity contribution in [1.29, 1.82) is 5.26 Å². The van der Waals surface area contributed by atoms with Gasteiger partial charge in [0.2, 0.25) is 0 Å². The van der Waals surface area contributed by atoms with Crippen LogP contribution in [0.25, 0.3) is 0 Å². The molecule has 0 spiro atoms. The lowest BCUT2D eigenvalue weighted by Crippen LogP contribution is -2.57. The van der Waals surface area contributed by atoms with Gasteiger partial charge in [0.05, 0.1) is 6.07 Å². The number of nitrogens with one attached hydrogen (secondary N) is 1. The maximum Gasteiger partial charge on any atom is 0.109 e. The summed E-state index contributed by atoms with van der Waals surface area (Å²) in [7, 11) is 0. The van der Waals surface area contributed by atoms with Crippen molar-refractivity contribution < 1.29 is 0 Å². The minimum Gasteiger partial charge on any atom is -0.314 e. The first-order valence-corrected chi connectivity index (χ1v) is 6.64. The van der Waals surface area contributed by atoms with Gasteiger partial charge in [-0.2, -0.15) is 5.26 Å². The monoisotopic (exact) mass is 221 g/mol. The Balaban J connectivity index is 2.07. The maximum atomic E-state index is 9.58. The predicted molar refractivity (Wildman–Crippen MR) is 65.0 cm³/mol. The molecule has 1 unspecified atom stereocenters. The molecule has 1 saturated heterocycles. The van der Waals surface area contributed by atoms with E-state index < -0.39 is 0 Å². The minimum atomic E-state index is -0.220. The van der Waals surface area contributed by atoms with E-state index in [-0.39, 0.29) is 5.54 Å². The number of hydrogen-bond acceptors (Lipinski definition) is 3. The van der Waals surface area contributed by atoms with Crippen LogP contribution in [0.1, 0.15) is 39.0 Å². The third-order valence-electron chi connectivity index (χ3n) is 4.40. The van der Waals surface area contributed by atoms with Crippen LogP contribution < -0.4 is 5.32 Å². The number of piperazine rings is 1. The average Bonchev–Trinajstić information content (AvgIpc) is 2.40. The molecular weight excluding hydrogens is 198 g/mol. The van der Waals surface area contributed by atoms with Crippen LogP contribution in [0.3, 0.4) is 0 Å². The van der Waals surface area contributed by atoms with Gasteiger partial charge in [0.25, 0.3) is 0 Å². The summed E-state index contributed by atoms with van der Waals surface area (Å²) in [5.74, 6) is 0.587. The standard InChI is InChI=1S/C13H23N3/c1-13(11-14,12-5-3-2-4-6-12)16-9-7-15-8-10-16/h12,15H,2-10H2,1H3. The summed E-state index contributed by atoms with van der Waals surface area (Å²) in [5.41, 5.74) is -0.220. The van der Waals surface area contributed by atoms with Gasteiger partial charge in [-0.25, -0.2) is 0 Å². The number of nitriles is 1. The molecule has 0 aromatic carbocycles. The Morgan fingerprint density at radius 2 is 1.81 bits per heavy atom. The molecule has 1 aliphatic heterocycles. The molecule has 1 N–H and O–H groups in total. The van der Waals surface area contributed by atoms with Crippen molar-refractivity contribution in [2.75, 3.05) is 26.2 Å². The van der Waals surface area contributed by atoms with E-state index in [2.05, 4.69) is 23.2 Å². The SMILES string of the molecule is CC(C#N)(C1CCCCC1)N1CCNCC1. The first kappa shape index (κ1) is 11.9. The molecule has 0 radical (unpaired) electrons. The van der Waals surface area contributed by atoms with Crippen molar-refractivity contribution in [1.82, 2.24) is 10.2 Å². The van der Waals surface area contributed by atoms with E-state index in [1.54, 1.807) is 0 Å². The highest BCUT2D eigenvalue weighted by Gasteiger charge is 2.40. The summed E-state index contributed by atoms with van der Waals surface area (Å²) < 4.78 is 0. The van der Waals surface area contributed by atoms with E-state index in [1.165, 1.54) is 32.1 Å². The average molecular weight is 221 g/mol. The van der Waals surface area contributed by atoms with Gasteiger partial charge in [-0.15, -0.1) is 0 Å². The van der Waals surface area contributed by atoms with Crippen molar-refractivity contribution >= 4 is 0 Å². The fourth-order valence-electron chi connectivity index (χ4n) is 3.21. The lowest BCUT2D eigenvalue weighted by Gasteiger charge is -2.44. The van der Waals surface area contributed by atoms with Gasteiger partial charge in [0.15, 0.2) is 0 Å². The second-order valence-electron chi connectivity index (χ2n) is 5.33. The van der Waals surface area contributed by atoms with Gasteiger partial charge < -0.3 is 5.32 Å². The Labute approximate surface area is 98.8 Å². The smallest absolute Gasteiger partial charge is 0.109 e. The second-order valence-corrected chi connectivity index (χ2v) is 5.33. The summed E-state index contributed by atoms with van der Waals surface area (Å²) >= 11 is 0. The summed E-state index contributed by atoms with van der Waals surface area (Å²) in [6, 6.07) is 2.62. The molecule has 16 heavy (non-hydrogen) atoms. The van der Waals surface area contributed by atoms with Gasteiger partial charge in [-0.3, -0.25) is 4.90 Å². The molecule has 2 aliphatic rings. The quantitative estimate of drug-likeness (QED) is 0.772. The molecule has 0 aromatic heterocycles. The highest BCUT2D eigenvalue weighted by molar-refractivity contribution is 5.10. The summed E-state index contributed by atoms with van der Waals surface area (Å²) in [6.45, 7) is 6.28. The molecule has 0 amide bonds. The first-order chi connectivity index (χ1) is 7.77. The Morgan fingerprint density at radius 1 is 1.19 bits per heavy atom. The topological polar surface area (TPSA) is 39.1 Å². The lowest BCUT2D eigenvalue weighted by molar-refractivity contribution is 0.0629. The van der Waals surface area contributed by atoms with E-state index >= 15 is 0 Å². The summed E-state index contributed by atoms with van der Waals surface area (Å²) in [5, 5.41) is 12.9. The second kappa shape index (κ2) is 5.16. The normalized spacial score (nSPS) is 28.2. The molecule has 1 saturated carbocycles. The van der Waals surface area contributed by atoms with Crippen molar-refractivity contribution in [3.05, 3.63) is 0 Å². The molecular formula is C13H23N3. The molecule has 1 atom stereocenters. The molecule has 2 rings (SSSR count). The predicted octanol–water partition coefficient (Wildman–Crippen LogP) is 1.75. The largest absolute Gasteiger partial charge is 0.314 e. The summed E-state index contributed by atoms with van der Waals surface area (Å²) in [4.78, 5) is 2.40. The van der Waals surface area contributed by atoms with Crippen LogP contribution in [0.4, 0.5) is 0 Å². The van der Waals surface area contributed by atoms with Gasteiger partial charge in [0, 0.05) is 26.2 Å². The Bertz CT molecular complexity index is 239. The zero-order chi connectivity index (χ0) is 11.4. The van der Waals surface area contributed by atoms with Gasteiger partial charge in [0.1, 0.15) is 5.54 Å². The Hall–Kier alpha value is -0.590. The van der Waals surface area contributed by atoms with Crippen molar-refractivity contribution in [2.45, 2.75) is 44.6 Å². The van der Waals surface area contributed by atoms with Crippen LogP contribution in [0, 0.1) is 17.2 Å². The van der Waals surface area contributed by atoms with Gasteiger partial charge in [-0.05, 0) is 25.7 Å². The zero-order valence-corrected chi connectivity index (χ0v) is 10.3. The molecule has 1 aliphatic carbocycles. The van der Waals surface area contributed by atoms with Crippen molar-refractivity contribution in [3.8, 4) is 6.07 Å². The van der Waals surface area contributed by atoms with E-state index in [9.17, 15) is 5.26 Å². The third kappa shape index (κ3) is 2.23. The van der Waals surface area contributed by atoms with E-state index in [0.29, 0.717) is 5.92 Å². The lowest BCUT2D eigenvalue weighted by atomic mass is 9.75. The highest BCUT2D eigenvalue weighted by atomic mass is 15.2. The van der Waals surface area contributed by atoms with Crippen LogP contribution in [0.5, 0.6) is 0 Å². The van der Waals surface area contributed by atoms with Crippen molar-refractivity contribution in [2.24, 2.45) is 5.92 Å². The van der Waals surface area contributed by atoms with Crippen LogP contribution in [0.15, 0.2) is 0 Å². The summed E-state index contributed by atoms with van der Waals surface area (Å²) in [6.07, 6.45) is 6.48. The molecule has 3 nitrogen and oxygen atoms in total. The highest BCUT2D eigenvalue weighted by Crippen LogP contribution is 2.36. The molecule has 90 valence electrons. The van der Waals surface area contributed by atoms with Crippen LogP contribution >= 0.6 is 0 Å². The van der Waals surface area contributed by atoms with E-state index in [1.807, 2.05) is 0 Å². The molecule has 0 aromatic rings. The van der Waals surface area contributed by atoms with Crippen molar-refractivity contribution in [3.63, 3.8) is 0 Å². The minimum absolute atomic E-state index is 0.220. The fourth-order valence-corrected chi connectivity index (χ4v) is 3.21. The zero-order valence-electron chi connectivity index (χ0n) is 10.3. The number of hydrogen-bond donors (Lipinski definition) is 1. The first-order valence-electron chi connectivity index (χ1n) is 6.64. The van der Waals surface area contributed by atoms with Gasteiger partial charge >= 0.3 is 0 Å². The van der Waals surface area contributed by atoms with E-state index in [0.717, 1.165) is 26.2 Å². The molecule has 2 fully saturated rings.